The SMILES string of the molecule is CCc1c(OC)cc(OC)c2c1OC(=O)CC2c1ccc(OC)cc1. The molecule has 0 saturated carbocycles. The summed E-state index contributed by atoms with van der Waals surface area (Å²) < 4.78 is 21.9. The van der Waals surface area contributed by atoms with E-state index < -0.39 is 0 Å². The molecular weight excluding hydrogens is 320 g/mol. The van der Waals surface area contributed by atoms with Crippen LogP contribution in [0.4, 0.5) is 0 Å². The van der Waals surface area contributed by atoms with Gasteiger partial charge in [0.25, 0.3) is 0 Å². The molecule has 1 aliphatic rings. The van der Waals surface area contributed by atoms with Crippen molar-refractivity contribution in [3.05, 3.63) is 47.0 Å². The highest BCUT2D eigenvalue weighted by Gasteiger charge is 2.34. The number of hydrogen-bond acceptors (Lipinski definition) is 5. The maximum absolute atomic E-state index is 12.3. The Morgan fingerprint density at radius 2 is 1.72 bits per heavy atom. The molecule has 132 valence electrons. The molecule has 1 atom stereocenters. The van der Waals surface area contributed by atoms with Crippen molar-refractivity contribution < 1.29 is 23.7 Å². The Labute approximate surface area is 147 Å². The third-order valence-corrected chi connectivity index (χ3v) is 4.59. The summed E-state index contributed by atoms with van der Waals surface area (Å²) in [6, 6.07) is 9.60. The van der Waals surface area contributed by atoms with Gasteiger partial charge < -0.3 is 18.9 Å². The van der Waals surface area contributed by atoms with E-state index in [0.717, 1.165) is 22.4 Å². The number of carbonyl (C=O) groups is 1. The van der Waals surface area contributed by atoms with Crippen LogP contribution in [0.5, 0.6) is 23.0 Å². The van der Waals surface area contributed by atoms with E-state index in [9.17, 15) is 4.79 Å². The standard InChI is InChI=1S/C20H22O5/c1-5-14-16(23-3)11-17(24-4)19-15(10-18(21)25-20(14)19)12-6-8-13(22-2)9-7-12/h6-9,11,15H,5,10H2,1-4H3. The van der Waals surface area contributed by atoms with Crippen LogP contribution in [0.25, 0.3) is 0 Å². The molecule has 25 heavy (non-hydrogen) atoms. The van der Waals surface area contributed by atoms with E-state index in [1.165, 1.54) is 0 Å². The number of carbonyl (C=O) groups excluding carboxylic acids is 1. The van der Waals surface area contributed by atoms with Crippen molar-refractivity contribution in [3.8, 4) is 23.0 Å². The summed E-state index contributed by atoms with van der Waals surface area (Å²) in [5, 5.41) is 0. The van der Waals surface area contributed by atoms with Gasteiger partial charge in [0.2, 0.25) is 0 Å². The fourth-order valence-corrected chi connectivity index (χ4v) is 3.35. The van der Waals surface area contributed by atoms with Crippen LogP contribution >= 0.6 is 0 Å². The first kappa shape index (κ1) is 17.1. The molecule has 5 nitrogen and oxygen atoms in total. The van der Waals surface area contributed by atoms with E-state index in [1.54, 1.807) is 21.3 Å². The zero-order valence-corrected chi connectivity index (χ0v) is 14.9. The molecule has 0 aliphatic carbocycles. The second-order valence-electron chi connectivity index (χ2n) is 5.86. The lowest BCUT2D eigenvalue weighted by atomic mass is 9.84. The maximum Gasteiger partial charge on any atom is 0.312 e. The minimum atomic E-state index is -0.252. The van der Waals surface area contributed by atoms with Gasteiger partial charge in [0.1, 0.15) is 23.0 Å². The summed E-state index contributed by atoms with van der Waals surface area (Å²) in [5.41, 5.74) is 2.79. The van der Waals surface area contributed by atoms with Crippen molar-refractivity contribution in [1.29, 1.82) is 0 Å². The Balaban J connectivity index is 2.20. The average Bonchev–Trinajstić information content (AvgIpc) is 2.65. The molecule has 1 aliphatic heterocycles. The zero-order chi connectivity index (χ0) is 18.0. The van der Waals surface area contributed by atoms with Crippen molar-refractivity contribution in [2.45, 2.75) is 25.7 Å². The first-order chi connectivity index (χ1) is 12.1. The van der Waals surface area contributed by atoms with Crippen LogP contribution in [0, 0.1) is 0 Å². The van der Waals surface area contributed by atoms with E-state index in [4.69, 9.17) is 18.9 Å². The summed E-state index contributed by atoms with van der Waals surface area (Å²) in [7, 11) is 4.85. The Bertz CT molecular complexity index is 780. The van der Waals surface area contributed by atoms with Crippen molar-refractivity contribution in [3.63, 3.8) is 0 Å². The van der Waals surface area contributed by atoms with Gasteiger partial charge in [0.05, 0.1) is 27.8 Å². The van der Waals surface area contributed by atoms with Crippen molar-refractivity contribution in [1.82, 2.24) is 0 Å². The second-order valence-corrected chi connectivity index (χ2v) is 5.86. The topological polar surface area (TPSA) is 54.0 Å². The van der Waals surface area contributed by atoms with Gasteiger partial charge in [-0.15, -0.1) is 0 Å². The molecule has 3 rings (SSSR count). The van der Waals surface area contributed by atoms with Crippen LogP contribution in [-0.2, 0) is 11.2 Å². The molecule has 0 aromatic heterocycles. The third kappa shape index (κ3) is 3.02. The average molecular weight is 342 g/mol. The number of hydrogen-bond donors (Lipinski definition) is 0. The first-order valence-electron chi connectivity index (χ1n) is 8.25. The predicted molar refractivity (Wildman–Crippen MR) is 94.0 cm³/mol. The van der Waals surface area contributed by atoms with E-state index >= 15 is 0 Å². The fraction of sp³-hybridized carbons (Fsp3) is 0.350. The summed E-state index contributed by atoms with van der Waals surface area (Å²) in [6.07, 6.45) is 0.962. The third-order valence-electron chi connectivity index (χ3n) is 4.59. The molecule has 0 saturated heterocycles. The Morgan fingerprint density at radius 1 is 1.04 bits per heavy atom. The molecule has 1 heterocycles. The Hall–Kier alpha value is -2.69. The molecule has 0 amide bonds. The van der Waals surface area contributed by atoms with Crippen molar-refractivity contribution in [2.75, 3.05) is 21.3 Å². The van der Waals surface area contributed by atoms with Gasteiger partial charge in [-0.1, -0.05) is 19.1 Å². The lowest BCUT2D eigenvalue weighted by molar-refractivity contribution is -0.135. The highest BCUT2D eigenvalue weighted by Crippen LogP contribution is 2.49. The van der Waals surface area contributed by atoms with Gasteiger partial charge >= 0.3 is 5.97 Å². The highest BCUT2D eigenvalue weighted by atomic mass is 16.5. The highest BCUT2D eigenvalue weighted by molar-refractivity contribution is 5.80. The largest absolute Gasteiger partial charge is 0.497 e. The number of rotatable bonds is 5. The van der Waals surface area contributed by atoms with Crippen LogP contribution in [0.2, 0.25) is 0 Å². The number of ether oxygens (including phenoxy) is 4. The van der Waals surface area contributed by atoms with E-state index in [1.807, 2.05) is 37.3 Å². The molecule has 2 aromatic carbocycles. The Kier molecular flexibility index (Phi) is 4.83. The molecule has 0 fully saturated rings. The van der Waals surface area contributed by atoms with Crippen LogP contribution < -0.4 is 18.9 Å². The van der Waals surface area contributed by atoms with Gasteiger partial charge in [-0.2, -0.15) is 0 Å². The number of fused-ring (bicyclic) bond motifs is 1. The van der Waals surface area contributed by atoms with Gasteiger partial charge in [-0.05, 0) is 24.1 Å². The molecule has 0 radical (unpaired) electrons. The number of methoxy groups -OCH3 is 3. The first-order valence-corrected chi connectivity index (χ1v) is 8.25. The summed E-state index contributed by atoms with van der Waals surface area (Å²) in [4.78, 5) is 12.3. The summed E-state index contributed by atoms with van der Waals surface area (Å²) >= 11 is 0. The summed E-state index contributed by atoms with van der Waals surface area (Å²) in [6.45, 7) is 2.01. The maximum atomic E-state index is 12.3. The van der Waals surface area contributed by atoms with Crippen molar-refractivity contribution >= 4 is 5.97 Å². The van der Waals surface area contributed by atoms with Crippen LogP contribution in [0.3, 0.4) is 0 Å². The predicted octanol–water partition coefficient (Wildman–Crippen LogP) is 3.72. The van der Waals surface area contributed by atoms with E-state index in [-0.39, 0.29) is 18.3 Å². The Morgan fingerprint density at radius 3 is 2.28 bits per heavy atom. The summed E-state index contributed by atoms with van der Waals surface area (Å²) in [5.74, 6) is 2.29. The lowest BCUT2D eigenvalue weighted by Gasteiger charge is -2.29. The monoisotopic (exact) mass is 342 g/mol. The molecule has 0 N–H and O–H groups in total. The molecule has 0 spiro atoms. The van der Waals surface area contributed by atoms with Crippen LogP contribution in [0.15, 0.2) is 30.3 Å². The van der Waals surface area contributed by atoms with Crippen LogP contribution in [-0.4, -0.2) is 27.3 Å². The molecule has 1 unspecified atom stereocenters. The molecule has 0 bridgehead atoms. The van der Waals surface area contributed by atoms with Crippen molar-refractivity contribution in [2.24, 2.45) is 0 Å². The normalized spacial score (nSPS) is 16.0. The van der Waals surface area contributed by atoms with Gasteiger partial charge in [0, 0.05) is 23.1 Å². The molecule has 2 aromatic rings. The fourth-order valence-electron chi connectivity index (χ4n) is 3.35. The van der Waals surface area contributed by atoms with Crippen LogP contribution in [0.1, 0.15) is 36.0 Å². The van der Waals surface area contributed by atoms with E-state index in [2.05, 4.69) is 0 Å². The number of benzene rings is 2. The second kappa shape index (κ2) is 7.05. The quantitative estimate of drug-likeness (QED) is 0.612. The molecular formula is C20H22O5. The minimum Gasteiger partial charge on any atom is -0.497 e. The zero-order valence-electron chi connectivity index (χ0n) is 14.9. The molecule has 5 heteroatoms. The van der Waals surface area contributed by atoms with Gasteiger partial charge in [0.15, 0.2) is 0 Å². The number of esters is 1. The van der Waals surface area contributed by atoms with Gasteiger partial charge in [-0.3, -0.25) is 4.79 Å². The minimum absolute atomic E-state index is 0.131. The lowest BCUT2D eigenvalue weighted by Crippen LogP contribution is -2.23. The van der Waals surface area contributed by atoms with E-state index in [0.29, 0.717) is 23.7 Å². The van der Waals surface area contributed by atoms with Gasteiger partial charge in [-0.25, -0.2) is 0 Å². The smallest absolute Gasteiger partial charge is 0.312 e.